The summed E-state index contributed by atoms with van der Waals surface area (Å²) in [4.78, 5) is 13.2. The summed E-state index contributed by atoms with van der Waals surface area (Å²) in [7, 11) is 2.22. The number of hydrogen-bond acceptors (Lipinski definition) is 3. The summed E-state index contributed by atoms with van der Waals surface area (Å²) in [5.74, 6) is -0.898. The van der Waals surface area contributed by atoms with Crippen LogP contribution in [-0.2, 0) is 4.79 Å². The molecule has 2 fully saturated rings. The fourth-order valence-electron chi connectivity index (χ4n) is 3.13. The van der Waals surface area contributed by atoms with E-state index in [0.717, 1.165) is 12.8 Å². The maximum Gasteiger partial charge on any atom is 0.332 e. The summed E-state index contributed by atoms with van der Waals surface area (Å²) in [6.45, 7) is 3.96. The van der Waals surface area contributed by atoms with Crippen molar-refractivity contribution in [3.8, 4) is 0 Å². The van der Waals surface area contributed by atoms with Crippen molar-refractivity contribution in [2.45, 2.75) is 50.2 Å². The van der Waals surface area contributed by atoms with Crippen LogP contribution < -0.4 is 5.32 Å². The molecule has 2 N–H and O–H groups in total. The second-order valence-electron chi connectivity index (χ2n) is 5.36. The van der Waals surface area contributed by atoms with Gasteiger partial charge in [0.05, 0.1) is 0 Å². The summed E-state index contributed by atoms with van der Waals surface area (Å²) < 4.78 is 0. The minimum atomic E-state index is -0.898. The molecule has 0 amide bonds. The minimum Gasteiger partial charge on any atom is -0.478 e. The Bertz CT molecular complexity index is 303. The first-order valence-corrected chi connectivity index (χ1v) is 6.44. The molecule has 2 heterocycles. The number of fused-ring (bicyclic) bond motifs is 2. The van der Waals surface area contributed by atoms with Crippen molar-refractivity contribution < 1.29 is 9.90 Å². The number of hydrogen-bond donors (Lipinski definition) is 2. The first kappa shape index (κ1) is 12.6. The Labute approximate surface area is 103 Å². The van der Waals surface area contributed by atoms with Crippen molar-refractivity contribution in [1.29, 1.82) is 0 Å². The molecule has 2 aliphatic heterocycles. The van der Waals surface area contributed by atoms with E-state index in [1.165, 1.54) is 19.3 Å². The lowest BCUT2D eigenvalue weighted by Gasteiger charge is -2.47. The molecule has 2 aliphatic rings. The van der Waals surface area contributed by atoms with Crippen molar-refractivity contribution in [2.75, 3.05) is 13.6 Å². The zero-order valence-electron chi connectivity index (χ0n) is 10.5. The molecular weight excluding hydrogens is 216 g/mol. The Morgan fingerprint density at radius 1 is 1.41 bits per heavy atom. The standard InChI is InChI=1S/C13H22N2O2/c1-9(13(16)17)8-14-10-6-11-4-3-5-12(7-10)15(11)2/h10-12,14H,1,3-8H2,2H3,(H,16,17). The van der Waals surface area contributed by atoms with Gasteiger partial charge in [0.1, 0.15) is 0 Å². The predicted molar refractivity (Wildman–Crippen MR) is 67.0 cm³/mol. The Kier molecular flexibility index (Phi) is 3.84. The predicted octanol–water partition coefficient (Wildman–Crippen LogP) is 1.23. The van der Waals surface area contributed by atoms with Crippen LogP contribution in [0.5, 0.6) is 0 Å². The van der Waals surface area contributed by atoms with E-state index in [-0.39, 0.29) is 5.57 Å². The van der Waals surface area contributed by atoms with Gasteiger partial charge in [0.2, 0.25) is 0 Å². The summed E-state index contributed by atoms with van der Waals surface area (Å²) in [6.07, 6.45) is 6.18. The van der Waals surface area contributed by atoms with Crippen molar-refractivity contribution in [3.63, 3.8) is 0 Å². The van der Waals surface area contributed by atoms with Crippen molar-refractivity contribution in [3.05, 3.63) is 12.2 Å². The molecule has 0 aliphatic carbocycles. The molecular formula is C13H22N2O2. The Morgan fingerprint density at radius 2 is 2.00 bits per heavy atom. The number of rotatable bonds is 4. The van der Waals surface area contributed by atoms with E-state index in [0.29, 0.717) is 24.7 Å². The third kappa shape index (κ3) is 2.87. The van der Waals surface area contributed by atoms with Gasteiger partial charge in [-0.05, 0) is 32.7 Å². The quantitative estimate of drug-likeness (QED) is 0.723. The number of nitrogens with one attached hydrogen (secondary N) is 1. The highest BCUT2D eigenvalue weighted by Crippen LogP contribution is 2.32. The minimum absolute atomic E-state index is 0.258. The molecule has 0 saturated carbocycles. The monoisotopic (exact) mass is 238 g/mol. The van der Waals surface area contributed by atoms with E-state index < -0.39 is 5.97 Å². The highest BCUT2D eigenvalue weighted by Gasteiger charge is 2.35. The third-order valence-corrected chi connectivity index (χ3v) is 4.25. The SMILES string of the molecule is C=C(CNC1CC2CCCC(C1)N2C)C(=O)O. The van der Waals surface area contributed by atoms with Gasteiger partial charge in [-0.3, -0.25) is 0 Å². The average Bonchev–Trinajstić information content (AvgIpc) is 2.26. The summed E-state index contributed by atoms with van der Waals surface area (Å²) in [5, 5.41) is 12.1. The van der Waals surface area contributed by atoms with Crippen LogP contribution in [0.15, 0.2) is 12.2 Å². The number of nitrogens with zero attached hydrogens (tertiary/aromatic N) is 1. The van der Waals surface area contributed by atoms with Gasteiger partial charge in [-0.25, -0.2) is 4.79 Å². The molecule has 0 aromatic rings. The molecule has 2 saturated heterocycles. The second kappa shape index (κ2) is 5.19. The number of piperidine rings is 2. The molecule has 17 heavy (non-hydrogen) atoms. The molecule has 0 aromatic heterocycles. The maximum absolute atomic E-state index is 10.7. The fraction of sp³-hybridized carbons (Fsp3) is 0.769. The van der Waals surface area contributed by atoms with E-state index in [1.807, 2.05) is 0 Å². The van der Waals surface area contributed by atoms with Crippen LogP contribution >= 0.6 is 0 Å². The van der Waals surface area contributed by atoms with Crippen LogP contribution in [0.4, 0.5) is 0 Å². The lowest BCUT2D eigenvalue weighted by atomic mass is 9.82. The maximum atomic E-state index is 10.7. The molecule has 2 rings (SSSR count). The first-order chi connectivity index (χ1) is 8.08. The van der Waals surface area contributed by atoms with Crippen LogP contribution in [-0.4, -0.2) is 47.7 Å². The van der Waals surface area contributed by atoms with Gasteiger partial charge in [0.25, 0.3) is 0 Å². The number of carbonyl (C=O) groups is 1. The van der Waals surface area contributed by atoms with Gasteiger partial charge >= 0.3 is 5.97 Å². The van der Waals surface area contributed by atoms with Gasteiger partial charge in [-0.2, -0.15) is 0 Å². The smallest absolute Gasteiger partial charge is 0.332 e. The van der Waals surface area contributed by atoms with Crippen molar-refractivity contribution in [1.82, 2.24) is 10.2 Å². The second-order valence-corrected chi connectivity index (χ2v) is 5.36. The molecule has 0 spiro atoms. The molecule has 4 nitrogen and oxygen atoms in total. The van der Waals surface area contributed by atoms with E-state index in [2.05, 4.69) is 23.8 Å². The summed E-state index contributed by atoms with van der Waals surface area (Å²) in [5.41, 5.74) is 0.258. The number of carboxylic acid groups (broad SMARTS) is 1. The topological polar surface area (TPSA) is 52.6 Å². The Hall–Kier alpha value is -0.870. The van der Waals surface area contributed by atoms with E-state index in [4.69, 9.17) is 5.11 Å². The fourth-order valence-corrected chi connectivity index (χ4v) is 3.13. The zero-order chi connectivity index (χ0) is 12.4. The third-order valence-electron chi connectivity index (χ3n) is 4.25. The van der Waals surface area contributed by atoms with Gasteiger partial charge in [0, 0.05) is 30.2 Å². The van der Waals surface area contributed by atoms with Crippen molar-refractivity contribution >= 4 is 5.97 Å². The lowest BCUT2D eigenvalue weighted by molar-refractivity contribution is -0.132. The van der Waals surface area contributed by atoms with E-state index in [9.17, 15) is 4.79 Å². The molecule has 96 valence electrons. The first-order valence-electron chi connectivity index (χ1n) is 6.44. The number of carboxylic acids is 1. The number of aliphatic carboxylic acids is 1. The Balaban J connectivity index is 1.84. The van der Waals surface area contributed by atoms with E-state index in [1.54, 1.807) is 0 Å². The Morgan fingerprint density at radius 3 is 2.53 bits per heavy atom. The summed E-state index contributed by atoms with van der Waals surface area (Å²) >= 11 is 0. The van der Waals surface area contributed by atoms with Crippen LogP contribution in [0.1, 0.15) is 32.1 Å². The van der Waals surface area contributed by atoms with Gasteiger partial charge in [-0.15, -0.1) is 0 Å². The molecule has 0 aromatic carbocycles. The highest BCUT2D eigenvalue weighted by molar-refractivity contribution is 5.86. The largest absolute Gasteiger partial charge is 0.478 e. The van der Waals surface area contributed by atoms with Crippen LogP contribution in [0.25, 0.3) is 0 Å². The molecule has 2 bridgehead atoms. The highest BCUT2D eigenvalue weighted by atomic mass is 16.4. The van der Waals surface area contributed by atoms with Gasteiger partial charge in [-0.1, -0.05) is 13.0 Å². The van der Waals surface area contributed by atoms with Gasteiger partial charge < -0.3 is 15.3 Å². The average molecular weight is 238 g/mol. The normalized spacial score (nSPS) is 33.4. The van der Waals surface area contributed by atoms with Crippen LogP contribution in [0.2, 0.25) is 0 Å². The summed E-state index contributed by atoms with van der Waals surface area (Å²) in [6, 6.07) is 1.81. The lowest BCUT2D eigenvalue weighted by Crippen LogP contribution is -2.54. The molecule has 2 unspecified atom stereocenters. The van der Waals surface area contributed by atoms with E-state index >= 15 is 0 Å². The molecule has 4 heteroatoms. The van der Waals surface area contributed by atoms with Crippen molar-refractivity contribution in [2.24, 2.45) is 0 Å². The zero-order valence-corrected chi connectivity index (χ0v) is 10.5. The molecule has 0 radical (unpaired) electrons. The van der Waals surface area contributed by atoms with Gasteiger partial charge in [0.15, 0.2) is 0 Å². The van der Waals surface area contributed by atoms with Crippen LogP contribution in [0.3, 0.4) is 0 Å². The van der Waals surface area contributed by atoms with Crippen LogP contribution in [0, 0.1) is 0 Å². The molecule has 2 atom stereocenters.